The minimum atomic E-state index is -0.596. The van der Waals surface area contributed by atoms with Gasteiger partial charge in [-0.1, -0.05) is 34.1 Å². The average Bonchev–Trinajstić information content (AvgIpc) is 2.48. The molecule has 1 aromatic carbocycles. The van der Waals surface area contributed by atoms with Crippen molar-refractivity contribution >= 4 is 38.9 Å². The van der Waals surface area contributed by atoms with E-state index < -0.39 is 5.97 Å². The molecule has 0 atom stereocenters. The summed E-state index contributed by atoms with van der Waals surface area (Å²) in [7, 11) is 0. The van der Waals surface area contributed by atoms with Gasteiger partial charge in [-0.25, -0.2) is 4.79 Å². The molecular formula is C16H16BrNO3. The predicted molar refractivity (Wildman–Crippen MR) is 88.0 cm³/mol. The highest BCUT2D eigenvalue weighted by Gasteiger charge is 2.13. The molecule has 0 unspecified atom stereocenters. The van der Waals surface area contributed by atoms with Gasteiger partial charge in [0.05, 0.1) is 6.61 Å². The standard InChI is InChI=1S/C16H16BrNO3/c1-2-21-16(20)13-10-18-14-7-6-11(5-3-4-8-17)9-12(14)15(13)19/h3,5-7,9-10H,2,4,8H2,1H3,(H,18,19). The lowest BCUT2D eigenvalue weighted by atomic mass is 10.1. The summed E-state index contributed by atoms with van der Waals surface area (Å²) in [5.41, 5.74) is 1.35. The summed E-state index contributed by atoms with van der Waals surface area (Å²) >= 11 is 3.36. The van der Waals surface area contributed by atoms with Crippen LogP contribution in [0, 0.1) is 0 Å². The first kappa shape index (κ1) is 15.5. The highest BCUT2D eigenvalue weighted by Crippen LogP contribution is 2.13. The third-order valence-electron chi connectivity index (χ3n) is 2.99. The van der Waals surface area contributed by atoms with Crippen LogP contribution in [0.15, 0.2) is 35.3 Å². The quantitative estimate of drug-likeness (QED) is 0.663. The minimum Gasteiger partial charge on any atom is -0.462 e. The summed E-state index contributed by atoms with van der Waals surface area (Å²) in [6.45, 7) is 1.95. The number of H-pyrrole nitrogens is 1. The highest BCUT2D eigenvalue weighted by atomic mass is 79.9. The second kappa shape index (κ2) is 7.22. The van der Waals surface area contributed by atoms with E-state index in [-0.39, 0.29) is 17.6 Å². The molecule has 1 aromatic heterocycles. The van der Waals surface area contributed by atoms with E-state index in [1.807, 2.05) is 24.3 Å². The van der Waals surface area contributed by atoms with Gasteiger partial charge >= 0.3 is 5.97 Å². The van der Waals surface area contributed by atoms with Crippen LogP contribution in [-0.2, 0) is 4.74 Å². The Kier molecular flexibility index (Phi) is 5.33. The number of alkyl halides is 1. The van der Waals surface area contributed by atoms with Crippen LogP contribution in [0.5, 0.6) is 0 Å². The van der Waals surface area contributed by atoms with Gasteiger partial charge in [0.15, 0.2) is 0 Å². The molecule has 1 N–H and O–H groups in total. The zero-order chi connectivity index (χ0) is 15.2. The molecule has 2 rings (SSSR count). The van der Waals surface area contributed by atoms with E-state index in [2.05, 4.69) is 20.9 Å². The number of allylic oxidation sites excluding steroid dienone is 1. The fourth-order valence-corrected chi connectivity index (χ4v) is 2.25. The number of hydrogen-bond donors (Lipinski definition) is 1. The van der Waals surface area contributed by atoms with E-state index in [0.717, 1.165) is 17.3 Å². The van der Waals surface area contributed by atoms with Crippen molar-refractivity contribution in [2.24, 2.45) is 0 Å². The lowest BCUT2D eigenvalue weighted by Crippen LogP contribution is -2.18. The minimum absolute atomic E-state index is 0.0333. The summed E-state index contributed by atoms with van der Waals surface area (Å²) in [6, 6.07) is 5.54. The predicted octanol–water partition coefficient (Wildman–Crippen LogP) is 3.50. The number of carbonyl (C=O) groups is 1. The van der Waals surface area contributed by atoms with Crippen molar-refractivity contribution in [3.63, 3.8) is 0 Å². The maximum absolute atomic E-state index is 12.4. The van der Waals surface area contributed by atoms with Gasteiger partial charge in [0.2, 0.25) is 5.43 Å². The second-order valence-corrected chi connectivity index (χ2v) is 5.23. The van der Waals surface area contributed by atoms with Gasteiger partial charge in [0, 0.05) is 22.4 Å². The van der Waals surface area contributed by atoms with Gasteiger partial charge in [-0.3, -0.25) is 4.79 Å². The number of halogens is 1. The molecule has 0 aliphatic carbocycles. The second-order valence-electron chi connectivity index (χ2n) is 4.44. The summed E-state index contributed by atoms with van der Waals surface area (Å²) in [6.07, 6.45) is 6.30. The Balaban J connectivity index is 2.47. The Labute approximate surface area is 131 Å². The third-order valence-corrected chi connectivity index (χ3v) is 3.44. The molecule has 0 amide bonds. The molecule has 21 heavy (non-hydrogen) atoms. The van der Waals surface area contributed by atoms with Crippen molar-refractivity contribution in [2.45, 2.75) is 13.3 Å². The van der Waals surface area contributed by atoms with Crippen LogP contribution in [0.25, 0.3) is 17.0 Å². The Bertz CT molecular complexity index is 734. The maximum atomic E-state index is 12.4. The smallest absolute Gasteiger partial charge is 0.343 e. The van der Waals surface area contributed by atoms with E-state index >= 15 is 0 Å². The first-order chi connectivity index (χ1) is 10.2. The number of hydrogen-bond acceptors (Lipinski definition) is 3. The topological polar surface area (TPSA) is 59.2 Å². The molecule has 0 bridgehead atoms. The van der Waals surface area contributed by atoms with Crippen LogP contribution in [0.1, 0.15) is 29.3 Å². The van der Waals surface area contributed by atoms with Crippen molar-refractivity contribution in [3.05, 3.63) is 51.8 Å². The molecule has 5 heteroatoms. The Morgan fingerprint density at radius 1 is 1.43 bits per heavy atom. The summed E-state index contributed by atoms with van der Waals surface area (Å²) in [5.74, 6) is -0.596. The molecule has 0 radical (unpaired) electrons. The van der Waals surface area contributed by atoms with Gasteiger partial charge in [0.25, 0.3) is 0 Å². The van der Waals surface area contributed by atoms with Crippen molar-refractivity contribution in [1.82, 2.24) is 4.98 Å². The van der Waals surface area contributed by atoms with Gasteiger partial charge in [0.1, 0.15) is 5.56 Å². The molecule has 0 fully saturated rings. The van der Waals surface area contributed by atoms with Crippen molar-refractivity contribution < 1.29 is 9.53 Å². The summed E-state index contributed by atoms with van der Waals surface area (Å²) in [4.78, 5) is 27.1. The Hall–Kier alpha value is -1.88. The van der Waals surface area contributed by atoms with E-state index in [1.165, 1.54) is 6.20 Å². The lowest BCUT2D eigenvalue weighted by Gasteiger charge is -2.04. The van der Waals surface area contributed by atoms with Crippen LogP contribution in [-0.4, -0.2) is 22.9 Å². The molecule has 1 heterocycles. The van der Waals surface area contributed by atoms with Crippen molar-refractivity contribution in [1.29, 1.82) is 0 Å². The SMILES string of the molecule is CCOC(=O)c1c[nH]c2ccc(C=CCCBr)cc2c1=O. The molecule has 0 saturated carbocycles. The van der Waals surface area contributed by atoms with Crippen LogP contribution in [0.4, 0.5) is 0 Å². The van der Waals surface area contributed by atoms with E-state index in [9.17, 15) is 9.59 Å². The third kappa shape index (κ3) is 3.61. The molecule has 0 aliphatic rings. The normalized spacial score (nSPS) is 11.1. The first-order valence-electron chi connectivity index (χ1n) is 6.72. The van der Waals surface area contributed by atoms with Gasteiger partial charge in [-0.05, 0) is 31.0 Å². The molecule has 0 aliphatic heterocycles. The number of rotatable bonds is 5. The van der Waals surface area contributed by atoms with E-state index in [4.69, 9.17) is 4.74 Å². The summed E-state index contributed by atoms with van der Waals surface area (Å²) < 4.78 is 4.89. The number of fused-ring (bicyclic) bond motifs is 1. The first-order valence-corrected chi connectivity index (χ1v) is 7.84. The Morgan fingerprint density at radius 2 is 2.24 bits per heavy atom. The number of aromatic nitrogens is 1. The number of esters is 1. The zero-order valence-corrected chi connectivity index (χ0v) is 13.3. The number of nitrogens with one attached hydrogen (secondary N) is 1. The molecule has 0 spiro atoms. The number of ether oxygens (including phenoxy) is 1. The molecule has 0 saturated heterocycles. The largest absolute Gasteiger partial charge is 0.462 e. The van der Waals surface area contributed by atoms with Gasteiger partial charge in [-0.2, -0.15) is 0 Å². The molecule has 2 aromatic rings. The highest BCUT2D eigenvalue weighted by molar-refractivity contribution is 9.09. The van der Waals surface area contributed by atoms with E-state index in [1.54, 1.807) is 13.0 Å². The van der Waals surface area contributed by atoms with Gasteiger partial charge < -0.3 is 9.72 Å². The van der Waals surface area contributed by atoms with Crippen LogP contribution in [0.3, 0.4) is 0 Å². The molecule has 110 valence electrons. The van der Waals surface area contributed by atoms with Crippen LogP contribution >= 0.6 is 15.9 Å². The number of benzene rings is 1. The average molecular weight is 350 g/mol. The molecule has 4 nitrogen and oxygen atoms in total. The maximum Gasteiger partial charge on any atom is 0.343 e. The number of aromatic amines is 1. The number of pyridine rings is 1. The van der Waals surface area contributed by atoms with Crippen molar-refractivity contribution in [2.75, 3.05) is 11.9 Å². The van der Waals surface area contributed by atoms with Crippen molar-refractivity contribution in [3.8, 4) is 0 Å². The molecular weight excluding hydrogens is 334 g/mol. The summed E-state index contributed by atoms with van der Waals surface area (Å²) in [5, 5.41) is 1.38. The van der Waals surface area contributed by atoms with Crippen LogP contribution in [0.2, 0.25) is 0 Å². The fraction of sp³-hybridized carbons (Fsp3) is 0.250. The fourth-order valence-electron chi connectivity index (χ4n) is 1.98. The zero-order valence-electron chi connectivity index (χ0n) is 11.7. The van der Waals surface area contributed by atoms with E-state index in [0.29, 0.717) is 10.9 Å². The van der Waals surface area contributed by atoms with Crippen LogP contribution < -0.4 is 5.43 Å². The monoisotopic (exact) mass is 349 g/mol. The Morgan fingerprint density at radius 3 is 2.95 bits per heavy atom. The lowest BCUT2D eigenvalue weighted by molar-refractivity contribution is 0.0524. The number of carbonyl (C=O) groups excluding carboxylic acids is 1. The van der Waals surface area contributed by atoms with Gasteiger partial charge in [-0.15, -0.1) is 0 Å².